The van der Waals surface area contributed by atoms with E-state index in [4.69, 9.17) is 4.74 Å². The molecule has 3 N–H and O–H groups in total. The van der Waals surface area contributed by atoms with Gasteiger partial charge in [0.05, 0.1) is 0 Å². The van der Waals surface area contributed by atoms with Crippen molar-refractivity contribution in [3.63, 3.8) is 0 Å². The number of carboxylic acid groups (broad SMARTS) is 1. The molecular weight excluding hydrogens is 592 g/mol. The van der Waals surface area contributed by atoms with Gasteiger partial charge >= 0.3 is 12.1 Å². The highest BCUT2D eigenvalue weighted by Gasteiger charge is 2.47. The number of carbonyl (C=O) groups is 3. The van der Waals surface area contributed by atoms with Crippen molar-refractivity contribution in [2.75, 3.05) is 33.3 Å². The topological polar surface area (TPSA) is 111 Å². The lowest BCUT2D eigenvalue weighted by atomic mass is 9.96. The largest absolute Gasteiger partial charge is 0.480 e. The van der Waals surface area contributed by atoms with Gasteiger partial charge in [0.25, 0.3) is 0 Å². The van der Waals surface area contributed by atoms with Crippen LogP contribution in [0.3, 0.4) is 0 Å². The Bertz CT molecular complexity index is 1670. The molecule has 0 saturated carbocycles. The molecule has 2 aliphatic rings. The Hall–Kier alpha value is -4.99. The van der Waals surface area contributed by atoms with E-state index in [1.54, 1.807) is 0 Å². The Morgan fingerprint density at radius 3 is 2.06 bits per heavy atom. The van der Waals surface area contributed by atoms with Gasteiger partial charge in [-0.3, -0.25) is 14.6 Å². The molecule has 242 valence electrons. The van der Waals surface area contributed by atoms with Crippen LogP contribution in [0.25, 0.3) is 11.1 Å². The van der Waals surface area contributed by atoms with Gasteiger partial charge in [0.1, 0.15) is 18.2 Å². The average molecular weight is 633 g/mol. The molecule has 1 heterocycles. The summed E-state index contributed by atoms with van der Waals surface area (Å²) in [6.07, 6.45) is -0.404. The Morgan fingerprint density at radius 1 is 0.872 bits per heavy atom. The van der Waals surface area contributed by atoms with E-state index in [0.717, 1.165) is 33.4 Å². The van der Waals surface area contributed by atoms with Crippen LogP contribution in [0.4, 0.5) is 4.79 Å². The molecule has 6 rings (SSSR count). The second-order valence-corrected chi connectivity index (χ2v) is 12.5. The van der Waals surface area contributed by atoms with Gasteiger partial charge in [0, 0.05) is 38.6 Å². The lowest BCUT2D eigenvalue weighted by molar-refractivity contribution is -0.143. The van der Waals surface area contributed by atoms with E-state index in [9.17, 15) is 19.5 Å². The quantitative estimate of drug-likeness (QED) is 0.204. The summed E-state index contributed by atoms with van der Waals surface area (Å²) in [5.74, 6) is -1.82. The van der Waals surface area contributed by atoms with E-state index in [-0.39, 0.29) is 25.6 Å². The Labute approximate surface area is 275 Å². The maximum absolute atomic E-state index is 14.1. The van der Waals surface area contributed by atoms with Gasteiger partial charge < -0.3 is 20.5 Å². The van der Waals surface area contributed by atoms with Crippen molar-refractivity contribution >= 4 is 18.0 Å². The van der Waals surface area contributed by atoms with Gasteiger partial charge in [-0.05, 0) is 46.8 Å². The molecule has 1 aliphatic heterocycles. The number of rotatable bonds is 12. The van der Waals surface area contributed by atoms with E-state index >= 15 is 0 Å². The van der Waals surface area contributed by atoms with Crippen molar-refractivity contribution in [1.29, 1.82) is 0 Å². The molecule has 0 bridgehead atoms. The van der Waals surface area contributed by atoms with Gasteiger partial charge in [-0.2, -0.15) is 0 Å². The third-order valence-corrected chi connectivity index (χ3v) is 9.11. The Morgan fingerprint density at radius 2 is 1.45 bits per heavy atom. The molecule has 1 saturated heterocycles. The number of aliphatic carboxylic acids is 1. The number of fused-ring (bicyclic) bond motifs is 3. The van der Waals surface area contributed by atoms with Crippen molar-refractivity contribution in [2.45, 2.75) is 37.0 Å². The number of carboxylic acids is 1. The first-order valence-electron chi connectivity index (χ1n) is 16.0. The van der Waals surface area contributed by atoms with Crippen LogP contribution < -0.4 is 10.6 Å². The van der Waals surface area contributed by atoms with Crippen LogP contribution >= 0.6 is 0 Å². The zero-order valence-electron chi connectivity index (χ0n) is 26.5. The molecule has 0 radical (unpaired) electrons. The van der Waals surface area contributed by atoms with Crippen molar-refractivity contribution in [1.82, 2.24) is 20.4 Å². The molecule has 4 aromatic carbocycles. The van der Waals surface area contributed by atoms with E-state index in [1.165, 1.54) is 0 Å². The van der Waals surface area contributed by atoms with E-state index in [2.05, 4.69) is 39.8 Å². The number of alkyl carbamates (subject to hydrolysis) is 1. The van der Waals surface area contributed by atoms with Gasteiger partial charge in [0.15, 0.2) is 0 Å². The zero-order valence-corrected chi connectivity index (χ0v) is 26.5. The summed E-state index contributed by atoms with van der Waals surface area (Å²) in [5, 5.41) is 15.7. The molecule has 4 aromatic rings. The van der Waals surface area contributed by atoms with Crippen molar-refractivity contribution < 1.29 is 24.2 Å². The molecule has 47 heavy (non-hydrogen) atoms. The summed E-state index contributed by atoms with van der Waals surface area (Å²) in [4.78, 5) is 43.9. The molecule has 9 nitrogen and oxygen atoms in total. The van der Waals surface area contributed by atoms with Crippen LogP contribution in [0.15, 0.2) is 109 Å². The fourth-order valence-corrected chi connectivity index (χ4v) is 6.79. The third kappa shape index (κ3) is 7.37. The van der Waals surface area contributed by atoms with Crippen LogP contribution in [0.2, 0.25) is 0 Å². The third-order valence-electron chi connectivity index (χ3n) is 9.11. The molecule has 2 unspecified atom stereocenters. The number of likely N-dealkylation sites (tertiary alicyclic amines) is 1. The number of hydrogen-bond donors (Lipinski definition) is 3. The van der Waals surface area contributed by atoms with E-state index in [1.807, 2.05) is 96.9 Å². The number of nitrogens with zero attached hydrogens (tertiary/aromatic N) is 2. The Kier molecular flexibility index (Phi) is 9.65. The summed E-state index contributed by atoms with van der Waals surface area (Å²) in [5.41, 5.74) is 5.17. The van der Waals surface area contributed by atoms with Crippen LogP contribution in [0.1, 0.15) is 34.6 Å². The van der Waals surface area contributed by atoms with E-state index < -0.39 is 29.6 Å². The van der Waals surface area contributed by atoms with E-state index in [0.29, 0.717) is 26.1 Å². The SMILES string of the molecule is CN(Cc1ccccc1)CC(NC(=O)C1(NC(=O)OCC2c3ccccc3-c3ccccc32)CCN(Cc2ccccc2)C1)C(=O)O. The lowest BCUT2D eigenvalue weighted by Crippen LogP contribution is -2.63. The van der Waals surface area contributed by atoms with Crippen molar-refractivity contribution in [2.24, 2.45) is 0 Å². The second kappa shape index (κ2) is 14.2. The molecule has 2 amide bonds. The van der Waals surface area contributed by atoms with Crippen molar-refractivity contribution in [3.05, 3.63) is 131 Å². The van der Waals surface area contributed by atoms with Crippen LogP contribution in [-0.2, 0) is 27.4 Å². The molecular formula is C38H40N4O5. The molecule has 0 spiro atoms. The predicted octanol–water partition coefficient (Wildman–Crippen LogP) is 4.87. The number of likely N-dealkylation sites (N-methyl/N-ethyl adjacent to an activating group) is 1. The monoisotopic (exact) mass is 632 g/mol. The summed E-state index contributed by atoms with van der Waals surface area (Å²) in [7, 11) is 1.82. The standard InChI is InChI=1S/C38H40N4O5/c1-41(22-27-12-4-2-5-13-27)24-34(35(43)44)39-36(45)38(20-21-42(26-38)23-28-14-6-3-7-15-28)40-37(46)47-25-33-31-18-10-8-16-29(31)30-17-9-11-19-32(30)33/h2-19,33-34H,20-26H2,1H3,(H,39,45)(H,40,46)(H,43,44). The van der Waals surface area contributed by atoms with Gasteiger partial charge in [-0.1, -0.05) is 109 Å². The minimum Gasteiger partial charge on any atom is -0.480 e. The first-order chi connectivity index (χ1) is 22.8. The minimum atomic E-state index is -1.37. The molecule has 2 atom stereocenters. The maximum Gasteiger partial charge on any atom is 0.408 e. The highest BCUT2D eigenvalue weighted by molar-refractivity contribution is 5.93. The highest BCUT2D eigenvalue weighted by atomic mass is 16.5. The zero-order chi connectivity index (χ0) is 32.8. The lowest BCUT2D eigenvalue weighted by Gasteiger charge is -2.31. The Balaban J connectivity index is 1.17. The first kappa shape index (κ1) is 32.0. The van der Waals surface area contributed by atoms with Crippen LogP contribution in [0.5, 0.6) is 0 Å². The van der Waals surface area contributed by atoms with Gasteiger partial charge in [-0.25, -0.2) is 9.59 Å². The number of amides is 2. The molecule has 0 aromatic heterocycles. The number of ether oxygens (including phenoxy) is 1. The molecule has 9 heteroatoms. The summed E-state index contributed by atoms with van der Waals surface area (Å²) in [6.45, 7) is 2.05. The average Bonchev–Trinajstić information content (AvgIpc) is 3.63. The van der Waals surface area contributed by atoms with Gasteiger partial charge in [0.2, 0.25) is 5.91 Å². The molecule has 1 aliphatic carbocycles. The number of carbonyl (C=O) groups excluding carboxylic acids is 2. The number of benzene rings is 4. The highest BCUT2D eigenvalue weighted by Crippen LogP contribution is 2.44. The summed E-state index contributed by atoms with van der Waals surface area (Å²) < 4.78 is 5.84. The van der Waals surface area contributed by atoms with Gasteiger partial charge in [-0.15, -0.1) is 0 Å². The fraction of sp³-hybridized carbons (Fsp3) is 0.289. The predicted molar refractivity (Wildman–Crippen MR) is 180 cm³/mol. The number of nitrogens with one attached hydrogen (secondary N) is 2. The molecule has 1 fully saturated rings. The van der Waals surface area contributed by atoms with Crippen LogP contribution in [0, 0.1) is 0 Å². The maximum atomic E-state index is 14.1. The van der Waals surface area contributed by atoms with Crippen LogP contribution in [-0.4, -0.2) is 77.7 Å². The fourth-order valence-electron chi connectivity index (χ4n) is 6.79. The first-order valence-corrected chi connectivity index (χ1v) is 16.0. The normalized spacial score (nSPS) is 17.9. The second-order valence-electron chi connectivity index (χ2n) is 12.5. The van der Waals surface area contributed by atoms with Crippen molar-refractivity contribution in [3.8, 4) is 11.1 Å². The summed E-state index contributed by atoms with van der Waals surface area (Å²) in [6, 6.07) is 34.7. The smallest absolute Gasteiger partial charge is 0.408 e. The summed E-state index contributed by atoms with van der Waals surface area (Å²) >= 11 is 0. The minimum absolute atomic E-state index is 0.0880. The number of hydrogen-bond acceptors (Lipinski definition) is 6.